The number of hydrogen-bond donors (Lipinski definition) is 2. The molecule has 4 fully saturated rings. The zero-order chi connectivity index (χ0) is 18.3. The van der Waals surface area contributed by atoms with Gasteiger partial charge in [0.1, 0.15) is 5.82 Å². The van der Waals surface area contributed by atoms with Crippen LogP contribution in [0.15, 0.2) is 30.7 Å². The Bertz CT molecular complexity index is 893. The molecule has 5 heteroatoms. The minimum atomic E-state index is -0.482. The zero-order valence-corrected chi connectivity index (χ0v) is 15.3. The van der Waals surface area contributed by atoms with E-state index < -0.39 is 6.10 Å². The van der Waals surface area contributed by atoms with Crippen molar-refractivity contribution in [1.29, 1.82) is 0 Å². The van der Waals surface area contributed by atoms with E-state index in [0.717, 1.165) is 43.4 Å². The van der Waals surface area contributed by atoms with Crippen LogP contribution in [0.2, 0.25) is 0 Å². The highest BCUT2D eigenvalue weighted by molar-refractivity contribution is 5.69. The van der Waals surface area contributed by atoms with Crippen molar-refractivity contribution in [2.45, 2.75) is 56.8 Å². The van der Waals surface area contributed by atoms with Crippen LogP contribution in [0.1, 0.15) is 50.1 Å². The zero-order valence-electron chi connectivity index (χ0n) is 15.3. The number of aliphatic hydroxyl groups excluding tert-OH is 2. The summed E-state index contributed by atoms with van der Waals surface area (Å²) in [5, 5.41) is 21.9. The van der Waals surface area contributed by atoms with Gasteiger partial charge in [0.15, 0.2) is 0 Å². The SMILES string of the molecule is OC1C2CC3CC1CC([C@@H](O)C[C@H]1c4c(F)cccc4-c4cncn41)(C3)C2. The quantitative estimate of drug-likeness (QED) is 0.871. The summed E-state index contributed by atoms with van der Waals surface area (Å²) in [4.78, 5) is 4.26. The predicted octanol–water partition coefficient (Wildman–Crippen LogP) is 3.53. The van der Waals surface area contributed by atoms with Crippen molar-refractivity contribution in [3.63, 3.8) is 0 Å². The smallest absolute Gasteiger partial charge is 0.129 e. The summed E-state index contributed by atoms with van der Waals surface area (Å²) in [6.45, 7) is 0. The number of fused-ring (bicyclic) bond motifs is 3. The molecule has 1 aromatic carbocycles. The highest BCUT2D eigenvalue weighted by atomic mass is 19.1. The molecule has 4 atom stereocenters. The first-order valence-corrected chi connectivity index (χ1v) is 10.2. The Kier molecular flexibility index (Phi) is 3.26. The molecule has 7 rings (SSSR count). The van der Waals surface area contributed by atoms with Crippen LogP contribution in [-0.2, 0) is 0 Å². The van der Waals surface area contributed by atoms with Crippen LogP contribution in [0.3, 0.4) is 0 Å². The summed E-state index contributed by atoms with van der Waals surface area (Å²) < 4.78 is 16.7. The lowest BCUT2D eigenvalue weighted by atomic mass is 9.47. The Morgan fingerprint density at radius 3 is 2.78 bits per heavy atom. The molecule has 2 heterocycles. The van der Waals surface area contributed by atoms with Crippen molar-refractivity contribution in [3.05, 3.63) is 42.1 Å². The number of imidazole rings is 1. The Balaban J connectivity index is 1.35. The molecule has 4 saturated carbocycles. The molecular formula is C22H25FN2O2. The Hall–Kier alpha value is -1.72. The lowest BCUT2D eigenvalue weighted by molar-refractivity contribution is -0.173. The van der Waals surface area contributed by atoms with Gasteiger partial charge in [0.2, 0.25) is 0 Å². The van der Waals surface area contributed by atoms with Crippen LogP contribution in [-0.4, -0.2) is 32.0 Å². The Labute approximate surface area is 158 Å². The standard InChI is InChI=1S/C22H25FN2O2/c23-16-3-1-2-15-18-10-24-11-25(18)17(20(15)16)6-19(26)22-7-12-4-13(8-22)21(27)14(5-12)9-22/h1-3,10-14,17,19,21,26-27H,4-9H2/t12?,13?,14?,17-,19-,21?,22?/m0/s1. The molecule has 0 radical (unpaired) electrons. The average Bonchev–Trinajstić information content (AvgIpc) is 3.22. The first kappa shape index (κ1) is 16.3. The molecule has 1 aromatic heterocycles. The van der Waals surface area contributed by atoms with Crippen LogP contribution in [0.5, 0.6) is 0 Å². The summed E-state index contributed by atoms with van der Waals surface area (Å²) >= 11 is 0. The van der Waals surface area contributed by atoms with Gasteiger partial charge >= 0.3 is 0 Å². The van der Waals surface area contributed by atoms with Gasteiger partial charge in [-0.05, 0) is 67.8 Å². The van der Waals surface area contributed by atoms with E-state index in [1.54, 1.807) is 18.6 Å². The van der Waals surface area contributed by atoms with Crippen molar-refractivity contribution >= 4 is 0 Å². The molecule has 0 saturated heterocycles. The van der Waals surface area contributed by atoms with E-state index in [-0.39, 0.29) is 23.4 Å². The molecule has 0 amide bonds. The fourth-order valence-corrected chi connectivity index (χ4v) is 7.16. The maximum atomic E-state index is 14.7. The van der Waals surface area contributed by atoms with E-state index in [0.29, 0.717) is 29.7 Å². The fraction of sp³-hybridized carbons (Fsp3) is 0.591. The number of benzene rings is 1. The highest BCUT2D eigenvalue weighted by Crippen LogP contribution is 2.62. The molecule has 27 heavy (non-hydrogen) atoms. The average molecular weight is 368 g/mol. The van der Waals surface area contributed by atoms with Gasteiger partial charge in [-0.1, -0.05) is 12.1 Å². The molecular weight excluding hydrogens is 343 g/mol. The van der Waals surface area contributed by atoms with Gasteiger partial charge in [0.05, 0.1) is 36.5 Å². The molecule has 0 spiro atoms. The number of aromatic nitrogens is 2. The van der Waals surface area contributed by atoms with Crippen molar-refractivity contribution in [3.8, 4) is 11.3 Å². The van der Waals surface area contributed by atoms with Gasteiger partial charge in [0, 0.05) is 11.1 Å². The number of halogens is 1. The second-order valence-electron chi connectivity index (χ2n) is 9.48. The first-order valence-electron chi connectivity index (χ1n) is 10.2. The van der Waals surface area contributed by atoms with E-state index in [9.17, 15) is 14.6 Å². The van der Waals surface area contributed by atoms with Crippen LogP contribution in [0, 0.1) is 29.0 Å². The largest absolute Gasteiger partial charge is 0.393 e. The van der Waals surface area contributed by atoms with E-state index >= 15 is 0 Å². The summed E-state index contributed by atoms with van der Waals surface area (Å²) in [6.07, 6.45) is 8.49. The lowest BCUT2D eigenvalue weighted by Gasteiger charge is -2.60. The summed E-state index contributed by atoms with van der Waals surface area (Å²) in [7, 11) is 0. The molecule has 2 aromatic rings. The van der Waals surface area contributed by atoms with Gasteiger partial charge in [-0.2, -0.15) is 0 Å². The molecule has 4 aliphatic carbocycles. The molecule has 4 bridgehead atoms. The second kappa shape index (κ2) is 5.42. The summed E-state index contributed by atoms with van der Waals surface area (Å²) in [6, 6.07) is 5.00. The third-order valence-electron chi connectivity index (χ3n) is 8.09. The van der Waals surface area contributed by atoms with Crippen molar-refractivity contribution in [1.82, 2.24) is 9.55 Å². The van der Waals surface area contributed by atoms with Crippen LogP contribution < -0.4 is 0 Å². The molecule has 142 valence electrons. The molecule has 2 unspecified atom stereocenters. The van der Waals surface area contributed by atoms with Crippen LogP contribution in [0.25, 0.3) is 11.3 Å². The highest BCUT2D eigenvalue weighted by Gasteiger charge is 2.57. The van der Waals surface area contributed by atoms with Crippen molar-refractivity contribution in [2.24, 2.45) is 23.2 Å². The fourth-order valence-electron chi connectivity index (χ4n) is 7.16. The molecule has 1 aliphatic heterocycles. The van der Waals surface area contributed by atoms with Crippen molar-refractivity contribution in [2.75, 3.05) is 0 Å². The van der Waals surface area contributed by atoms with E-state index in [4.69, 9.17) is 0 Å². The van der Waals surface area contributed by atoms with Gasteiger partial charge in [-0.3, -0.25) is 0 Å². The van der Waals surface area contributed by atoms with Gasteiger partial charge in [-0.25, -0.2) is 9.37 Å². The third-order valence-corrected chi connectivity index (χ3v) is 8.09. The number of hydrogen-bond acceptors (Lipinski definition) is 3. The number of rotatable bonds is 3. The number of nitrogens with zero attached hydrogens (tertiary/aromatic N) is 2. The minimum Gasteiger partial charge on any atom is -0.393 e. The van der Waals surface area contributed by atoms with Gasteiger partial charge < -0.3 is 14.8 Å². The first-order chi connectivity index (χ1) is 13.1. The third kappa shape index (κ3) is 2.13. The minimum absolute atomic E-state index is 0.107. The normalized spacial score (nSPS) is 39.4. The molecule has 2 N–H and O–H groups in total. The topological polar surface area (TPSA) is 58.3 Å². The van der Waals surface area contributed by atoms with Crippen LogP contribution >= 0.6 is 0 Å². The Morgan fingerprint density at radius 2 is 2.00 bits per heavy atom. The van der Waals surface area contributed by atoms with Crippen LogP contribution in [0.4, 0.5) is 4.39 Å². The predicted molar refractivity (Wildman–Crippen MR) is 98.4 cm³/mol. The maximum absolute atomic E-state index is 14.7. The van der Waals surface area contributed by atoms with Gasteiger partial charge in [-0.15, -0.1) is 0 Å². The maximum Gasteiger partial charge on any atom is 0.129 e. The van der Waals surface area contributed by atoms with Crippen molar-refractivity contribution < 1.29 is 14.6 Å². The lowest BCUT2D eigenvalue weighted by Crippen LogP contribution is -2.57. The van der Waals surface area contributed by atoms with E-state index in [1.165, 1.54) is 6.07 Å². The number of aliphatic hydroxyl groups is 2. The van der Waals surface area contributed by atoms with E-state index in [2.05, 4.69) is 4.98 Å². The molecule has 4 nitrogen and oxygen atoms in total. The summed E-state index contributed by atoms with van der Waals surface area (Å²) in [5.41, 5.74) is 2.41. The molecule has 5 aliphatic rings. The monoisotopic (exact) mass is 368 g/mol. The van der Waals surface area contributed by atoms with E-state index in [1.807, 2.05) is 10.6 Å². The van der Waals surface area contributed by atoms with Gasteiger partial charge in [0.25, 0.3) is 0 Å². The summed E-state index contributed by atoms with van der Waals surface area (Å²) in [5.74, 6) is 1.11. The second-order valence-corrected chi connectivity index (χ2v) is 9.48. The Morgan fingerprint density at radius 1 is 1.22 bits per heavy atom.